The highest BCUT2D eigenvalue weighted by Gasteiger charge is 2.18. The largest absolute Gasteiger partial charge is 0.398 e. The molecule has 2 nitrogen and oxygen atoms in total. The Morgan fingerprint density at radius 2 is 1.59 bits per heavy atom. The molecule has 1 atom stereocenters. The highest BCUT2D eigenvalue weighted by atomic mass is 16.1. The third kappa shape index (κ3) is 2.36. The van der Waals surface area contributed by atoms with Crippen molar-refractivity contribution in [3.63, 3.8) is 0 Å². The molecule has 86 valence electrons. The van der Waals surface area contributed by atoms with Gasteiger partial charge in [-0.25, -0.2) is 0 Å². The first kappa shape index (κ1) is 11.4. The van der Waals surface area contributed by atoms with Crippen molar-refractivity contribution in [3.8, 4) is 0 Å². The number of benzene rings is 2. The monoisotopic (exact) mass is 225 g/mol. The summed E-state index contributed by atoms with van der Waals surface area (Å²) in [5.41, 5.74) is 7.97. The number of Topliss-reactive ketones (excluding diaryl/α,β-unsaturated/α-hetero) is 1. The number of carbonyl (C=O) groups excluding carboxylic acids is 1. The minimum absolute atomic E-state index is 0.0642. The topological polar surface area (TPSA) is 43.1 Å². The molecule has 0 aromatic heterocycles. The molecule has 0 saturated carbocycles. The Morgan fingerprint density at radius 3 is 2.24 bits per heavy atom. The van der Waals surface area contributed by atoms with E-state index in [4.69, 9.17) is 5.73 Å². The third-order valence-electron chi connectivity index (χ3n) is 2.92. The van der Waals surface area contributed by atoms with Crippen molar-refractivity contribution in [1.29, 1.82) is 0 Å². The van der Waals surface area contributed by atoms with Gasteiger partial charge in [-0.15, -0.1) is 0 Å². The lowest BCUT2D eigenvalue weighted by molar-refractivity contribution is 0.0967. The van der Waals surface area contributed by atoms with Crippen molar-refractivity contribution in [2.75, 3.05) is 5.73 Å². The molecular weight excluding hydrogens is 210 g/mol. The van der Waals surface area contributed by atoms with E-state index in [9.17, 15) is 4.79 Å². The molecule has 2 aromatic rings. The van der Waals surface area contributed by atoms with Gasteiger partial charge in [-0.3, -0.25) is 4.79 Å². The van der Waals surface area contributed by atoms with Crippen LogP contribution in [0.3, 0.4) is 0 Å². The van der Waals surface area contributed by atoms with Crippen LogP contribution < -0.4 is 5.73 Å². The van der Waals surface area contributed by atoms with Gasteiger partial charge in [-0.1, -0.05) is 49.4 Å². The van der Waals surface area contributed by atoms with Crippen LogP contribution in [-0.2, 0) is 0 Å². The maximum atomic E-state index is 12.3. The van der Waals surface area contributed by atoms with Crippen LogP contribution in [0.15, 0.2) is 54.6 Å². The smallest absolute Gasteiger partial charge is 0.172 e. The van der Waals surface area contributed by atoms with Crippen molar-refractivity contribution in [1.82, 2.24) is 0 Å². The highest BCUT2D eigenvalue weighted by molar-refractivity contribution is 6.04. The van der Waals surface area contributed by atoms with Crippen molar-refractivity contribution < 1.29 is 4.79 Å². The van der Waals surface area contributed by atoms with Gasteiger partial charge in [0.1, 0.15) is 0 Å². The molecule has 0 aliphatic rings. The van der Waals surface area contributed by atoms with Crippen LogP contribution in [0.1, 0.15) is 28.8 Å². The number of nitrogen functional groups attached to an aromatic ring is 1. The van der Waals surface area contributed by atoms with E-state index in [1.54, 1.807) is 12.1 Å². The molecule has 2 aromatic carbocycles. The fourth-order valence-corrected chi connectivity index (χ4v) is 1.85. The number of rotatable bonds is 3. The van der Waals surface area contributed by atoms with Gasteiger partial charge in [-0.05, 0) is 17.7 Å². The fourth-order valence-electron chi connectivity index (χ4n) is 1.85. The molecule has 2 rings (SSSR count). The highest BCUT2D eigenvalue weighted by Crippen LogP contribution is 2.23. The van der Waals surface area contributed by atoms with Crippen LogP contribution in [0.25, 0.3) is 0 Å². The number of para-hydroxylation sites is 1. The zero-order valence-electron chi connectivity index (χ0n) is 9.76. The molecule has 0 spiro atoms. The Balaban J connectivity index is 2.30. The Kier molecular flexibility index (Phi) is 3.24. The predicted molar refractivity (Wildman–Crippen MR) is 70.0 cm³/mol. The molecule has 2 N–H and O–H groups in total. The normalized spacial score (nSPS) is 12.1. The van der Waals surface area contributed by atoms with E-state index in [-0.39, 0.29) is 11.7 Å². The lowest BCUT2D eigenvalue weighted by Gasteiger charge is -2.12. The molecule has 0 amide bonds. The van der Waals surface area contributed by atoms with Crippen molar-refractivity contribution in [2.24, 2.45) is 0 Å². The Bertz CT molecular complexity index is 519. The lowest BCUT2D eigenvalue weighted by Crippen LogP contribution is -2.11. The molecule has 17 heavy (non-hydrogen) atoms. The molecular formula is C15H15NO. The zero-order valence-corrected chi connectivity index (χ0v) is 9.76. The summed E-state index contributed by atoms with van der Waals surface area (Å²) in [7, 11) is 0. The maximum Gasteiger partial charge on any atom is 0.172 e. The van der Waals surface area contributed by atoms with Gasteiger partial charge >= 0.3 is 0 Å². The predicted octanol–water partition coefficient (Wildman–Crippen LogP) is 3.26. The average molecular weight is 225 g/mol. The van der Waals surface area contributed by atoms with E-state index >= 15 is 0 Å². The van der Waals surface area contributed by atoms with E-state index < -0.39 is 0 Å². The number of nitrogens with two attached hydrogens (primary N) is 1. The Hall–Kier alpha value is -2.09. The standard InChI is InChI=1S/C15H15NO/c1-11(12-7-3-2-4-8-12)15(17)13-9-5-6-10-14(13)16/h2-11H,16H2,1H3. The minimum Gasteiger partial charge on any atom is -0.398 e. The van der Waals surface area contributed by atoms with Crippen LogP contribution in [0, 0.1) is 0 Å². The quantitative estimate of drug-likeness (QED) is 0.643. The molecule has 0 bridgehead atoms. The molecule has 0 saturated heterocycles. The van der Waals surface area contributed by atoms with Gasteiger partial charge in [0.25, 0.3) is 0 Å². The summed E-state index contributed by atoms with van der Waals surface area (Å²) in [6, 6.07) is 16.9. The third-order valence-corrected chi connectivity index (χ3v) is 2.92. The number of hydrogen-bond donors (Lipinski definition) is 1. The second-order valence-corrected chi connectivity index (χ2v) is 4.08. The fraction of sp³-hybridized carbons (Fsp3) is 0.133. The van der Waals surface area contributed by atoms with Gasteiger partial charge in [0.15, 0.2) is 5.78 Å². The lowest BCUT2D eigenvalue weighted by atomic mass is 9.92. The van der Waals surface area contributed by atoms with Crippen LogP contribution in [-0.4, -0.2) is 5.78 Å². The number of hydrogen-bond acceptors (Lipinski definition) is 2. The second-order valence-electron chi connectivity index (χ2n) is 4.08. The molecule has 2 heteroatoms. The first-order chi connectivity index (χ1) is 8.20. The van der Waals surface area contributed by atoms with Gasteiger partial charge < -0.3 is 5.73 Å². The van der Waals surface area contributed by atoms with E-state index in [1.807, 2.05) is 49.4 Å². The molecule has 0 heterocycles. The Labute approximate surface area is 101 Å². The molecule has 0 radical (unpaired) electrons. The summed E-state index contributed by atoms with van der Waals surface area (Å²) in [6.45, 7) is 1.91. The van der Waals surface area contributed by atoms with E-state index in [0.29, 0.717) is 11.3 Å². The summed E-state index contributed by atoms with van der Waals surface area (Å²) < 4.78 is 0. The van der Waals surface area contributed by atoms with Crippen molar-refractivity contribution >= 4 is 11.5 Å². The zero-order chi connectivity index (χ0) is 12.3. The maximum absolute atomic E-state index is 12.3. The van der Waals surface area contributed by atoms with E-state index in [2.05, 4.69) is 0 Å². The van der Waals surface area contributed by atoms with Gasteiger partial charge in [0.2, 0.25) is 0 Å². The Morgan fingerprint density at radius 1 is 1.00 bits per heavy atom. The summed E-state index contributed by atoms with van der Waals surface area (Å²) in [6.07, 6.45) is 0. The molecule has 0 aliphatic carbocycles. The van der Waals surface area contributed by atoms with E-state index in [1.165, 1.54) is 0 Å². The molecule has 0 fully saturated rings. The summed E-state index contributed by atoms with van der Waals surface area (Å²) in [5, 5.41) is 0. The average Bonchev–Trinajstić information content (AvgIpc) is 2.39. The SMILES string of the molecule is CC(C(=O)c1ccccc1N)c1ccccc1. The number of ketones is 1. The summed E-state index contributed by atoms with van der Waals surface area (Å²) in [5.74, 6) is -0.102. The molecule has 0 aliphatic heterocycles. The van der Waals surface area contributed by atoms with E-state index in [0.717, 1.165) is 5.56 Å². The van der Waals surface area contributed by atoms with Crippen LogP contribution in [0.2, 0.25) is 0 Å². The van der Waals surface area contributed by atoms with Crippen LogP contribution in [0.5, 0.6) is 0 Å². The van der Waals surface area contributed by atoms with Crippen molar-refractivity contribution in [2.45, 2.75) is 12.8 Å². The summed E-state index contributed by atoms with van der Waals surface area (Å²) >= 11 is 0. The van der Waals surface area contributed by atoms with Crippen LogP contribution >= 0.6 is 0 Å². The second kappa shape index (κ2) is 4.83. The van der Waals surface area contributed by atoms with Crippen LogP contribution in [0.4, 0.5) is 5.69 Å². The first-order valence-corrected chi connectivity index (χ1v) is 5.64. The number of carbonyl (C=O) groups is 1. The van der Waals surface area contributed by atoms with Crippen molar-refractivity contribution in [3.05, 3.63) is 65.7 Å². The minimum atomic E-state index is -0.166. The van der Waals surface area contributed by atoms with Gasteiger partial charge in [0, 0.05) is 17.2 Å². The van der Waals surface area contributed by atoms with Gasteiger partial charge in [-0.2, -0.15) is 0 Å². The van der Waals surface area contributed by atoms with Gasteiger partial charge in [0.05, 0.1) is 0 Å². The summed E-state index contributed by atoms with van der Waals surface area (Å²) in [4.78, 5) is 12.3. The first-order valence-electron chi connectivity index (χ1n) is 5.64. The molecule has 1 unspecified atom stereocenters. The number of anilines is 1.